The summed E-state index contributed by atoms with van der Waals surface area (Å²) < 4.78 is 5.03. The van der Waals surface area contributed by atoms with Crippen molar-refractivity contribution in [2.45, 2.75) is 38.8 Å². The molecule has 1 heterocycles. The largest absolute Gasteiger partial charge is 0.456 e. The van der Waals surface area contributed by atoms with Crippen molar-refractivity contribution in [1.82, 2.24) is 15.1 Å². The molecule has 0 aliphatic carbocycles. The van der Waals surface area contributed by atoms with Gasteiger partial charge in [0.25, 0.3) is 11.8 Å². The molecular formula is C21H30N4O5. The first kappa shape index (κ1) is 23.2. The van der Waals surface area contributed by atoms with Crippen molar-refractivity contribution < 1.29 is 23.9 Å². The minimum absolute atomic E-state index is 0.0144. The van der Waals surface area contributed by atoms with Gasteiger partial charge < -0.3 is 19.9 Å². The second-order valence-electron chi connectivity index (χ2n) is 8.09. The number of carbonyl (C=O) groups excluding carboxylic acids is 4. The van der Waals surface area contributed by atoms with Crippen molar-refractivity contribution in [3.63, 3.8) is 0 Å². The maximum absolute atomic E-state index is 12.2. The van der Waals surface area contributed by atoms with Crippen LogP contribution in [0.1, 0.15) is 32.3 Å². The highest BCUT2D eigenvalue weighted by Gasteiger charge is 2.43. The number of benzene rings is 1. The van der Waals surface area contributed by atoms with Crippen LogP contribution in [-0.2, 0) is 25.7 Å². The summed E-state index contributed by atoms with van der Waals surface area (Å²) in [6.45, 7) is 3.44. The van der Waals surface area contributed by atoms with Crippen molar-refractivity contribution in [1.29, 1.82) is 0 Å². The molecule has 30 heavy (non-hydrogen) atoms. The van der Waals surface area contributed by atoms with Crippen molar-refractivity contribution >= 4 is 29.5 Å². The average Bonchev–Trinajstić information content (AvgIpc) is 2.87. The summed E-state index contributed by atoms with van der Waals surface area (Å²) in [5.41, 5.74) is 1.11. The normalized spacial score (nSPS) is 15.0. The van der Waals surface area contributed by atoms with Crippen molar-refractivity contribution in [2.24, 2.45) is 0 Å². The summed E-state index contributed by atoms with van der Waals surface area (Å²) in [7, 11) is 5.56. The molecule has 0 radical (unpaired) electrons. The van der Waals surface area contributed by atoms with Crippen LogP contribution < -0.4 is 10.2 Å². The first-order valence-corrected chi connectivity index (χ1v) is 9.81. The van der Waals surface area contributed by atoms with Crippen LogP contribution in [0.2, 0.25) is 0 Å². The zero-order valence-corrected chi connectivity index (χ0v) is 18.2. The Kier molecular flexibility index (Phi) is 7.42. The maximum atomic E-state index is 12.2. The summed E-state index contributed by atoms with van der Waals surface area (Å²) in [5, 5.41) is 2.58. The number of imide groups is 1. The van der Waals surface area contributed by atoms with Gasteiger partial charge in [-0.1, -0.05) is 12.1 Å². The standard InChI is InChI=1S/C21H30N4O5/c1-21(2)19(28)25(20(29)22-21)12-6-7-18(27)30-14-17(26)24(5)13-15-8-10-16(11-9-15)23(3)4/h8-11H,6-7,12-14H2,1-5H3,(H,22,29). The minimum atomic E-state index is -0.929. The van der Waals surface area contributed by atoms with Crippen molar-refractivity contribution in [2.75, 3.05) is 39.2 Å². The third-order valence-corrected chi connectivity index (χ3v) is 4.86. The van der Waals surface area contributed by atoms with Gasteiger partial charge in [0.2, 0.25) is 0 Å². The minimum Gasteiger partial charge on any atom is -0.456 e. The van der Waals surface area contributed by atoms with Crippen LogP contribution in [0.4, 0.5) is 10.5 Å². The van der Waals surface area contributed by atoms with Gasteiger partial charge in [-0.15, -0.1) is 0 Å². The summed E-state index contributed by atoms with van der Waals surface area (Å²) in [6, 6.07) is 7.37. The van der Waals surface area contributed by atoms with E-state index in [0.717, 1.165) is 16.2 Å². The van der Waals surface area contributed by atoms with E-state index < -0.39 is 17.5 Å². The summed E-state index contributed by atoms with van der Waals surface area (Å²) in [6.07, 6.45) is 0.288. The lowest BCUT2D eigenvalue weighted by atomic mass is 10.1. The second kappa shape index (κ2) is 9.60. The molecule has 2 rings (SSSR count). The highest BCUT2D eigenvalue weighted by molar-refractivity contribution is 6.06. The van der Waals surface area contributed by atoms with E-state index >= 15 is 0 Å². The van der Waals surface area contributed by atoms with Gasteiger partial charge in [0.1, 0.15) is 5.54 Å². The number of anilines is 1. The van der Waals surface area contributed by atoms with E-state index in [4.69, 9.17) is 4.74 Å². The summed E-state index contributed by atoms with van der Waals surface area (Å²) in [4.78, 5) is 52.5. The number of nitrogens with zero attached hydrogens (tertiary/aromatic N) is 3. The Hall–Kier alpha value is -3.10. The van der Waals surface area contributed by atoms with Gasteiger partial charge in [0.15, 0.2) is 6.61 Å². The molecule has 9 nitrogen and oxygen atoms in total. The molecule has 4 amide bonds. The molecule has 0 unspecified atom stereocenters. The van der Waals surface area contributed by atoms with Crippen LogP contribution in [0.15, 0.2) is 24.3 Å². The SMILES string of the molecule is CN(Cc1ccc(N(C)C)cc1)C(=O)COC(=O)CCCN1C(=O)NC(C)(C)C1=O. The van der Waals surface area contributed by atoms with E-state index in [1.54, 1.807) is 20.9 Å². The molecule has 0 spiro atoms. The van der Waals surface area contributed by atoms with Crippen LogP contribution in [-0.4, -0.2) is 73.4 Å². The molecule has 9 heteroatoms. The molecule has 1 saturated heterocycles. The lowest BCUT2D eigenvalue weighted by Gasteiger charge is -2.18. The molecule has 0 bridgehead atoms. The Morgan fingerprint density at radius 1 is 1.10 bits per heavy atom. The molecule has 1 fully saturated rings. The average molecular weight is 418 g/mol. The summed E-state index contributed by atoms with van der Waals surface area (Å²) in [5.74, 6) is -1.18. The lowest BCUT2D eigenvalue weighted by Crippen LogP contribution is -2.40. The van der Waals surface area contributed by atoms with E-state index in [2.05, 4.69) is 5.32 Å². The Morgan fingerprint density at radius 3 is 2.27 bits per heavy atom. The maximum Gasteiger partial charge on any atom is 0.325 e. The zero-order chi connectivity index (χ0) is 22.5. The number of esters is 1. The molecule has 0 saturated carbocycles. The Bertz CT molecular complexity index is 804. The molecule has 1 aliphatic rings. The van der Waals surface area contributed by atoms with E-state index in [1.165, 1.54) is 4.90 Å². The van der Waals surface area contributed by atoms with E-state index in [0.29, 0.717) is 6.54 Å². The van der Waals surface area contributed by atoms with Crippen LogP contribution in [0, 0.1) is 0 Å². The van der Waals surface area contributed by atoms with Gasteiger partial charge in [-0.2, -0.15) is 0 Å². The fourth-order valence-corrected chi connectivity index (χ4v) is 2.99. The number of nitrogens with one attached hydrogen (secondary N) is 1. The molecular weight excluding hydrogens is 388 g/mol. The van der Waals surface area contributed by atoms with Crippen molar-refractivity contribution in [3.8, 4) is 0 Å². The second-order valence-corrected chi connectivity index (χ2v) is 8.09. The van der Waals surface area contributed by atoms with Crippen LogP contribution in [0.25, 0.3) is 0 Å². The van der Waals surface area contributed by atoms with Crippen LogP contribution in [0.5, 0.6) is 0 Å². The Balaban J connectivity index is 1.70. The van der Waals surface area contributed by atoms with Crippen LogP contribution in [0.3, 0.4) is 0 Å². The van der Waals surface area contributed by atoms with E-state index in [1.807, 2.05) is 43.3 Å². The third kappa shape index (κ3) is 5.95. The van der Waals surface area contributed by atoms with E-state index in [-0.39, 0.29) is 37.8 Å². The highest BCUT2D eigenvalue weighted by Crippen LogP contribution is 2.17. The molecule has 1 aromatic rings. The lowest BCUT2D eigenvalue weighted by molar-refractivity contribution is -0.151. The number of ether oxygens (including phenoxy) is 1. The quantitative estimate of drug-likeness (QED) is 0.480. The first-order chi connectivity index (χ1) is 14.0. The molecule has 1 N–H and O–H groups in total. The van der Waals surface area contributed by atoms with Gasteiger partial charge in [0.05, 0.1) is 0 Å². The fourth-order valence-electron chi connectivity index (χ4n) is 2.99. The van der Waals surface area contributed by atoms with Gasteiger partial charge >= 0.3 is 12.0 Å². The van der Waals surface area contributed by atoms with Gasteiger partial charge in [-0.25, -0.2) is 4.79 Å². The van der Waals surface area contributed by atoms with Gasteiger partial charge in [-0.05, 0) is 38.0 Å². The molecule has 164 valence electrons. The number of hydrogen-bond acceptors (Lipinski definition) is 6. The number of amides is 4. The number of hydrogen-bond donors (Lipinski definition) is 1. The Morgan fingerprint density at radius 2 is 1.73 bits per heavy atom. The zero-order valence-electron chi connectivity index (χ0n) is 18.2. The number of urea groups is 1. The molecule has 0 aromatic heterocycles. The fraction of sp³-hybridized carbons (Fsp3) is 0.524. The predicted molar refractivity (Wildman–Crippen MR) is 112 cm³/mol. The monoisotopic (exact) mass is 418 g/mol. The molecule has 1 aliphatic heterocycles. The summed E-state index contributed by atoms with van der Waals surface area (Å²) >= 11 is 0. The number of carbonyl (C=O) groups is 4. The van der Waals surface area contributed by atoms with E-state index in [9.17, 15) is 19.2 Å². The number of likely N-dealkylation sites (N-methyl/N-ethyl adjacent to an activating group) is 1. The molecule has 0 atom stereocenters. The predicted octanol–water partition coefficient (Wildman–Crippen LogP) is 1.36. The number of rotatable bonds is 9. The molecule has 1 aromatic carbocycles. The van der Waals surface area contributed by atoms with Crippen molar-refractivity contribution in [3.05, 3.63) is 29.8 Å². The van der Waals surface area contributed by atoms with Crippen LogP contribution >= 0.6 is 0 Å². The Labute approximate surface area is 176 Å². The third-order valence-electron chi connectivity index (χ3n) is 4.86. The van der Waals surface area contributed by atoms with Gasteiger partial charge in [0, 0.05) is 46.3 Å². The topological polar surface area (TPSA) is 99.3 Å². The highest BCUT2D eigenvalue weighted by atomic mass is 16.5. The van der Waals surface area contributed by atoms with Gasteiger partial charge in [-0.3, -0.25) is 19.3 Å². The smallest absolute Gasteiger partial charge is 0.325 e. The first-order valence-electron chi connectivity index (χ1n) is 9.81.